The largest absolute Gasteiger partial charge is 0.465 e. The maximum Gasteiger partial charge on any atom is 0.340 e. The van der Waals surface area contributed by atoms with Gasteiger partial charge in [0.25, 0.3) is 0 Å². The molecule has 0 saturated carbocycles. The zero-order valence-electron chi connectivity index (χ0n) is 11.8. The van der Waals surface area contributed by atoms with Gasteiger partial charge in [0.15, 0.2) is 0 Å². The van der Waals surface area contributed by atoms with Crippen molar-refractivity contribution in [3.63, 3.8) is 0 Å². The quantitative estimate of drug-likeness (QED) is 0.759. The van der Waals surface area contributed by atoms with Gasteiger partial charge in [0, 0.05) is 11.7 Å². The summed E-state index contributed by atoms with van der Waals surface area (Å²) in [4.78, 5) is 11.6. The van der Waals surface area contributed by atoms with Crippen LogP contribution in [-0.4, -0.2) is 19.1 Å². The Morgan fingerprint density at radius 1 is 1.42 bits per heavy atom. The lowest BCUT2D eigenvalue weighted by molar-refractivity contribution is 0.0601. The summed E-state index contributed by atoms with van der Waals surface area (Å²) in [7, 11) is 1.30. The summed E-state index contributed by atoms with van der Waals surface area (Å²) in [5.41, 5.74) is 0.883. The third-order valence-corrected chi connectivity index (χ3v) is 3.15. The first-order valence-electron chi connectivity index (χ1n) is 6.76. The number of halogens is 1. The van der Waals surface area contributed by atoms with Crippen LogP contribution in [0.25, 0.3) is 0 Å². The van der Waals surface area contributed by atoms with Gasteiger partial charge in [-0.25, -0.2) is 9.18 Å². The molecule has 0 aliphatic heterocycles. The van der Waals surface area contributed by atoms with Crippen LogP contribution in [0, 0.1) is 5.82 Å². The smallest absolute Gasteiger partial charge is 0.340 e. The van der Waals surface area contributed by atoms with Crippen LogP contribution in [0.1, 0.15) is 49.9 Å². The number of anilines is 1. The monoisotopic (exact) mass is 267 g/mol. The summed E-state index contributed by atoms with van der Waals surface area (Å²) in [6, 6.07) is 4.44. The summed E-state index contributed by atoms with van der Waals surface area (Å²) in [6.07, 6.45) is 4.24. The zero-order valence-corrected chi connectivity index (χ0v) is 11.8. The molecule has 0 fully saturated rings. The maximum absolute atomic E-state index is 13.2. The highest BCUT2D eigenvalue weighted by Crippen LogP contribution is 2.21. The number of benzene rings is 1. The van der Waals surface area contributed by atoms with Gasteiger partial charge in [0.2, 0.25) is 0 Å². The van der Waals surface area contributed by atoms with E-state index >= 15 is 0 Å². The fraction of sp³-hybridized carbons (Fsp3) is 0.533. The molecule has 0 aliphatic rings. The second-order valence-electron chi connectivity index (χ2n) is 4.57. The fourth-order valence-electron chi connectivity index (χ4n) is 1.97. The minimum absolute atomic E-state index is 0.248. The molecule has 1 rings (SSSR count). The van der Waals surface area contributed by atoms with Crippen molar-refractivity contribution in [3.05, 3.63) is 29.6 Å². The van der Waals surface area contributed by atoms with Crippen LogP contribution in [0.3, 0.4) is 0 Å². The van der Waals surface area contributed by atoms with E-state index in [1.165, 1.54) is 19.2 Å². The molecular weight excluding hydrogens is 245 g/mol. The number of unbranched alkanes of at least 4 members (excludes halogenated alkanes) is 1. The number of hydrogen-bond donors (Lipinski definition) is 1. The van der Waals surface area contributed by atoms with E-state index in [9.17, 15) is 9.18 Å². The SMILES string of the molecule is CCCCC(CC)Nc1ccc(F)cc1C(=O)OC. The molecule has 0 heterocycles. The Bertz CT molecular complexity index is 421. The molecule has 0 amide bonds. The lowest BCUT2D eigenvalue weighted by Crippen LogP contribution is -2.20. The molecule has 0 aromatic heterocycles. The van der Waals surface area contributed by atoms with E-state index in [0.717, 1.165) is 25.7 Å². The summed E-state index contributed by atoms with van der Waals surface area (Å²) in [5, 5.41) is 3.31. The number of ether oxygens (including phenoxy) is 1. The molecular formula is C15H22FNO2. The molecule has 0 spiro atoms. The second kappa shape index (κ2) is 7.77. The van der Waals surface area contributed by atoms with Gasteiger partial charge in [-0.2, -0.15) is 0 Å². The zero-order chi connectivity index (χ0) is 14.3. The Balaban J connectivity index is 2.89. The highest BCUT2D eigenvalue weighted by Gasteiger charge is 2.15. The first kappa shape index (κ1) is 15.5. The van der Waals surface area contributed by atoms with Crippen LogP contribution in [0.15, 0.2) is 18.2 Å². The summed E-state index contributed by atoms with van der Waals surface area (Å²) in [6.45, 7) is 4.24. The van der Waals surface area contributed by atoms with Crippen molar-refractivity contribution in [1.29, 1.82) is 0 Å². The fourth-order valence-corrected chi connectivity index (χ4v) is 1.97. The molecule has 1 atom stereocenters. The van der Waals surface area contributed by atoms with Gasteiger partial charge in [0.1, 0.15) is 5.82 Å². The molecule has 0 saturated heterocycles. The second-order valence-corrected chi connectivity index (χ2v) is 4.57. The van der Waals surface area contributed by atoms with Crippen LogP contribution in [0.4, 0.5) is 10.1 Å². The third kappa shape index (κ3) is 4.54. The Kier molecular flexibility index (Phi) is 6.33. The minimum Gasteiger partial charge on any atom is -0.465 e. The molecule has 19 heavy (non-hydrogen) atoms. The van der Waals surface area contributed by atoms with E-state index in [1.54, 1.807) is 6.07 Å². The predicted octanol–water partition coefficient (Wildman–Crippen LogP) is 3.99. The van der Waals surface area contributed by atoms with E-state index in [1.807, 2.05) is 0 Å². The number of nitrogens with one attached hydrogen (secondary N) is 1. The van der Waals surface area contributed by atoms with Crippen molar-refractivity contribution in [2.75, 3.05) is 12.4 Å². The topological polar surface area (TPSA) is 38.3 Å². The van der Waals surface area contributed by atoms with Gasteiger partial charge in [-0.1, -0.05) is 26.7 Å². The molecule has 0 radical (unpaired) electrons. The number of carbonyl (C=O) groups is 1. The Morgan fingerprint density at radius 3 is 2.74 bits per heavy atom. The normalized spacial score (nSPS) is 12.0. The van der Waals surface area contributed by atoms with Crippen LogP contribution >= 0.6 is 0 Å². The molecule has 106 valence electrons. The third-order valence-electron chi connectivity index (χ3n) is 3.15. The summed E-state index contributed by atoms with van der Waals surface area (Å²) >= 11 is 0. The lowest BCUT2D eigenvalue weighted by Gasteiger charge is -2.19. The molecule has 1 N–H and O–H groups in total. The first-order chi connectivity index (χ1) is 9.12. The number of carbonyl (C=O) groups excluding carboxylic acids is 1. The lowest BCUT2D eigenvalue weighted by atomic mass is 10.1. The highest BCUT2D eigenvalue weighted by molar-refractivity contribution is 5.95. The highest BCUT2D eigenvalue weighted by atomic mass is 19.1. The average molecular weight is 267 g/mol. The predicted molar refractivity (Wildman–Crippen MR) is 75.0 cm³/mol. The van der Waals surface area contributed by atoms with E-state index in [0.29, 0.717) is 5.69 Å². The van der Waals surface area contributed by atoms with Gasteiger partial charge < -0.3 is 10.1 Å². The van der Waals surface area contributed by atoms with Crippen molar-refractivity contribution in [2.24, 2.45) is 0 Å². The van der Waals surface area contributed by atoms with Crippen molar-refractivity contribution in [2.45, 2.75) is 45.6 Å². The molecule has 1 aromatic rings. The van der Waals surface area contributed by atoms with Crippen LogP contribution in [0.5, 0.6) is 0 Å². The molecule has 0 bridgehead atoms. The van der Waals surface area contributed by atoms with Crippen molar-refractivity contribution < 1.29 is 13.9 Å². The van der Waals surface area contributed by atoms with Crippen molar-refractivity contribution in [3.8, 4) is 0 Å². The standard InChI is InChI=1S/C15H22FNO2/c1-4-6-7-12(5-2)17-14-9-8-11(16)10-13(14)15(18)19-3/h8-10,12,17H,4-7H2,1-3H3. The van der Waals surface area contributed by atoms with Gasteiger partial charge in [-0.15, -0.1) is 0 Å². The van der Waals surface area contributed by atoms with Gasteiger partial charge in [0.05, 0.1) is 12.7 Å². The van der Waals surface area contributed by atoms with E-state index < -0.39 is 11.8 Å². The molecule has 1 unspecified atom stereocenters. The summed E-state index contributed by atoms with van der Waals surface area (Å²) in [5.74, 6) is -0.958. The first-order valence-corrected chi connectivity index (χ1v) is 6.76. The Labute approximate surface area is 114 Å². The van der Waals surface area contributed by atoms with Crippen LogP contribution in [-0.2, 0) is 4.74 Å². The number of rotatable bonds is 7. The Hall–Kier alpha value is -1.58. The Morgan fingerprint density at radius 2 is 2.16 bits per heavy atom. The van der Waals surface area contributed by atoms with Crippen molar-refractivity contribution in [1.82, 2.24) is 0 Å². The molecule has 4 heteroatoms. The van der Waals surface area contributed by atoms with Crippen LogP contribution < -0.4 is 5.32 Å². The number of esters is 1. The van der Waals surface area contributed by atoms with Gasteiger partial charge in [-0.05, 0) is 31.0 Å². The van der Waals surface area contributed by atoms with E-state index in [-0.39, 0.29) is 11.6 Å². The number of hydrogen-bond acceptors (Lipinski definition) is 3. The summed E-state index contributed by atoms with van der Waals surface area (Å²) < 4.78 is 17.9. The molecule has 3 nitrogen and oxygen atoms in total. The maximum atomic E-state index is 13.2. The van der Waals surface area contributed by atoms with Gasteiger partial charge >= 0.3 is 5.97 Å². The van der Waals surface area contributed by atoms with E-state index in [2.05, 4.69) is 23.9 Å². The minimum atomic E-state index is -0.521. The molecule has 1 aromatic carbocycles. The van der Waals surface area contributed by atoms with E-state index in [4.69, 9.17) is 0 Å². The van der Waals surface area contributed by atoms with Crippen LogP contribution in [0.2, 0.25) is 0 Å². The molecule has 0 aliphatic carbocycles. The van der Waals surface area contributed by atoms with Gasteiger partial charge in [-0.3, -0.25) is 0 Å². The van der Waals surface area contributed by atoms with Crippen molar-refractivity contribution >= 4 is 11.7 Å². The number of methoxy groups -OCH3 is 1. The average Bonchev–Trinajstić information content (AvgIpc) is 2.43.